The first-order valence-electron chi connectivity index (χ1n) is 6.06. The van der Waals surface area contributed by atoms with Crippen LogP contribution in [0.1, 0.15) is 25.7 Å². The summed E-state index contributed by atoms with van der Waals surface area (Å²) in [7, 11) is 1.60. The molecule has 0 aromatic carbocycles. The van der Waals surface area contributed by atoms with Gasteiger partial charge in [-0.3, -0.25) is 4.79 Å². The molecule has 0 saturated carbocycles. The van der Waals surface area contributed by atoms with Crippen molar-refractivity contribution in [2.45, 2.75) is 31.8 Å². The van der Waals surface area contributed by atoms with E-state index in [9.17, 15) is 4.79 Å². The van der Waals surface area contributed by atoms with Crippen LogP contribution >= 0.6 is 0 Å². The van der Waals surface area contributed by atoms with Crippen molar-refractivity contribution in [3.63, 3.8) is 0 Å². The summed E-state index contributed by atoms with van der Waals surface area (Å²) in [5, 5.41) is 8.58. The summed E-state index contributed by atoms with van der Waals surface area (Å²) < 4.78 is 10.4. The van der Waals surface area contributed by atoms with Crippen LogP contribution in [-0.4, -0.2) is 50.3 Å². The van der Waals surface area contributed by atoms with Gasteiger partial charge in [-0.2, -0.15) is 5.26 Å². The van der Waals surface area contributed by atoms with Crippen molar-refractivity contribution in [3.05, 3.63) is 0 Å². The number of carbonyl (C=O) groups is 1. The Kier molecular flexibility index (Phi) is 6.60. The van der Waals surface area contributed by atoms with Crippen molar-refractivity contribution in [2.75, 3.05) is 33.4 Å². The van der Waals surface area contributed by atoms with E-state index in [2.05, 4.69) is 6.07 Å². The molecule has 0 spiro atoms. The van der Waals surface area contributed by atoms with Gasteiger partial charge in [0.05, 0.1) is 19.1 Å². The van der Waals surface area contributed by atoms with Gasteiger partial charge in [0.2, 0.25) is 0 Å². The lowest BCUT2D eigenvalue weighted by atomic mass is 10.1. The second-order valence-corrected chi connectivity index (χ2v) is 4.08. The minimum Gasteiger partial charge on any atom is -0.383 e. The summed E-state index contributed by atoms with van der Waals surface area (Å²) in [4.78, 5) is 13.8. The third-order valence-corrected chi connectivity index (χ3v) is 2.83. The fourth-order valence-corrected chi connectivity index (χ4v) is 1.86. The molecule has 1 aliphatic rings. The molecule has 17 heavy (non-hydrogen) atoms. The van der Waals surface area contributed by atoms with Crippen LogP contribution < -0.4 is 0 Å². The second-order valence-electron chi connectivity index (χ2n) is 4.08. The molecule has 96 valence electrons. The lowest BCUT2D eigenvalue weighted by molar-refractivity contribution is -0.147. The lowest BCUT2D eigenvalue weighted by Crippen LogP contribution is -2.43. The minimum absolute atomic E-state index is 0.00278. The van der Waals surface area contributed by atoms with Gasteiger partial charge in [-0.1, -0.05) is 0 Å². The molecule has 1 rings (SSSR count). The first kappa shape index (κ1) is 13.9. The van der Waals surface area contributed by atoms with Crippen LogP contribution in [0, 0.1) is 11.3 Å². The summed E-state index contributed by atoms with van der Waals surface area (Å²) in [5.74, 6) is -0.00278. The molecule has 1 fully saturated rings. The monoisotopic (exact) mass is 240 g/mol. The predicted octanol–water partition coefficient (Wildman–Crippen LogP) is 0.944. The van der Waals surface area contributed by atoms with E-state index < -0.39 is 0 Å². The summed E-state index contributed by atoms with van der Waals surface area (Å²) in [6.45, 7) is 2.13. The molecule has 0 bridgehead atoms. The van der Waals surface area contributed by atoms with Crippen LogP contribution in [0.2, 0.25) is 0 Å². The molecule has 1 saturated heterocycles. The third-order valence-electron chi connectivity index (χ3n) is 2.83. The molecule has 0 aromatic heterocycles. The average molecular weight is 240 g/mol. The quantitative estimate of drug-likeness (QED) is 0.693. The molecule has 1 amide bonds. The van der Waals surface area contributed by atoms with Gasteiger partial charge in [0, 0.05) is 26.8 Å². The minimum atomic E-state index is -0.320. The zero-order valence-corrected chi connectivity index (χ0v) is 10.4. The number of amides is 1. The number of hydrogen-bond donors (Lipinski definition) is 0. The first-order chi connectivity index (χ1) is 8.29. The average Bonchev–Trinajstić information content (AvgIpc) is 2.39. The zero-order chi connectivity index (χ0) is 12.5. The predicted molar refractivity (Wildman–Crippen MR) is 62.3 cm³/mol. The number of carbonyl (C=O) groups excluding carboxylic acids is 1. The SMILES string of the molecule is COCCN(CCC#N)C(=O)C1CCCCO1. The third kappa shape index (κ3) is 4.72. The van der Waals surface area contributed by atoms with E-state index in [1.807, 2.05) is 0 Å². The molecule has 5 nitrogen and oxygen atoms in total. The fourth-order valence-electron chi connectivity index (χ4n) is 1.86. The summed E-state index contributed by atoms with van der Waals surface area (Å²) >= 11 is 0. The molecule has 5 heteroatoms. The van der Waals surface area contributed by atoms with E-state index >= 15 is 0 Å². The van der Waals surface area contributed by atoms with Gasteiger partial charge in [-0.05, 0) is 19.3 Å². The van der Waals surface area contributed by atoms with Crippen LogP contribution in [0.3, 0.4) is 0 Å². The highest BCUT2D eigenvalue weighted by atomic mass is 16.5. The summed E-state index contributed by atoms with van der Waals surface area (Å²) in [5.41, 5.74) is 0. The Morgan fingerprint density at radius 1 is 1.53 bits per heavy atom. The molecule has 0 aromatic rings. The molecule has 0 aliphatic carbocycles. The highest BCUT2D eigenvalue weighted by Crippen LogP contribution is 2.15. The number of ether oxygens (including phenoxy) is 2. The van der Waals surface area contributed by atoms with E-state index in [0.717, 1.165) is 19.3 Å². The first-order valence-corrected chi connectivity index (χ1v) is 6.06. The van der Waals surface area contributed by atoms with Crippen molar-refractivity contribution in [1.29, 1.82) is 5.26 Å². The van der Waals surface area contributed by atoms with Crippen LogP contribution in [0.15, 0.2) is 0 Å². The molecular weight excluding hydrogens is 220 g/mol. The molecule has 0 radical (unpaired) electrons. The highest BCUT2D eigenvalue weighted by molar-refractivity contribution is 5.81. The number of nitrogens with zero attached hydrogens (tertiary/aromatic N) is 2. The molecule has 1 heterocycles. The Hall–Kier alpha value is -1.12. The van der Waals surface area contributed by atoms with Crippen molar-refractivity contribution in [2.24, 2.45) is 0 Å². The molecule has 0 N–H and O–H groups in total. The smallest absolute Gasteiger partial charge is 0.251 e. The Labute approximate surface area is 102 Å². The van der Waals surface area contributed by atoms with Gasteiger partial charge >= 0.3 is 0 Å². The van der Waals surface area contributed by atoms with Crippen LogP contribution in [0.4, 0.5) is 0 Å². The number of hydrogen-bond acceptors (Lipinski definition) is 4. The normalized spacial score (nSPS) is 19.6. The lowest BCUT2D eigenvalue weighted by Gasteiger charge is -2.28. The van der Waals surface area contributed by atoms with Crippen molar-refractivity contribution in [3.8, 4) is 6.07 Å². The topological polar surface area (TPSA) is 62.6 Å². The Bertz CT molecular complexity index is 269. The largest absolute Gasteiger partial charge is 0.383 e. The van der Waals surface area contributed by atoms with Crippen molar-refractivity contribution < 1.29 is 14.3 Å². The molecular formula is C12H20N2O3. The van der Waals surface area contributed by atoms with Gasteiger partial charge in [-0.25, -0.2) is 0 Å². The number of rotatable bonds is 6. The maximum Gasteiger partial charge on any atom is 0.251 e. The Balaban J connectivity index is 2.47. The van der Waals surface area contributed by atoms with E-state index in [1.54, 1.807) is 12.0 Å². The van der Waals surface area contributed by atoms with Crippen molar-refractivity contribution in [1.82, 2.24) is 4.90 Å². The second kappa shape index (κ2) is 8.04. The maximum atomic E-state index is 12.1. The fraction of sp³-hybridized carbons (Fsp3) is 0.833. The van der Waals surface area contributed by atoms with E-state index in [-0.39, 0.29) is 12.0 Å². The van der Waals surface area contributed by atoms with Crippen molar-refractivity contribution >= 4 is 5.91 Å². The van der Waals surface area contributed by atoms with E-state index in [0.29, 0.717) is 32.7 Å². The van der Waals surface area contributed by atoms with E-state index in [1.165, 1.54) is 0 Å². The maximum absolute atomic E-state index is 12.1. The van der Waals surface area contributed by atoms with Gasteiger partial charge in [0.25, 0.3) is 5.91 Å². The van der Waals surface area contributed by atoms with Crippen LogP contribution in [-0.2, 0) is 14.3 Å². The van der Waals surface area contributed by atoms with Gasteiger partial charge in [0.15, 0.2) is 0 Å². The molecule has 1 unspecified atom stereocenters. The summed E-state index contributed by atoms with van der Waals surface area (Å²) in [6.07, 6.45) is 2.88. The molecule has 1 atom stereocenters. The standard InChI is InChI=1S/C12H20N2O3/c1-16-10-8-14(7-4-6-13)12(15)11-5-2-3-9-17-11/h11H,2-5,7-10H2,1H3. The zero-order valence-electron chi connectivity index (χ0n) is 10.4. The van der Waals surface area contributed by atoms with Crippen LogP contribution in [0.5, 0.6) is 0 Å². The Morgan fingerprint density at radius 2 is 2.35 bits per heavy atom. The van der Waals surface area contributed by atoms with Crippen LogP contribution in [0.25, 0.3) is 0 Å². The van der Waals surface area contributed by atoms with E-state index in [4.69, 9.17) is 14.7 Å². The Morgan fingerprint density at radius 3 is 2.94 bits per heavy atom. The molecule has 1 aliphatic heterocycles. The van der Waals surface area contributed by atoms with Gasteiger partial charge in [-0.15, -0.1) is 0 Å². The summed E-state index contributed by atoms with van der Waals surface area (Å²) in [6, 6.07) is 2.06. The number of methoxy groups -OCH3 is 1. The van der Waals surface area contributed by atoms with Gasteiger partial charge < -0.3 is 14.4 Å². The highest BCUT2D eigenvalue weighted by Gasteiger charge is 2.26. The number of nitriles is 1. The van der Waals surface area contributed by atoms with Gasteiger partial charge in [0.1, 0.15) is 6.10 Å².